The summed E-state index contributed by atoms with van der Waals surface area (Å²) in [5.41, 5.74) is 2.20. The molecule has 0 saturated heterocycles. The first-order valence-electron chi connectivity index (χ1n) is 6.32. The van der Waals surface area contributed by atoms with Crippen molar-refractivity contribution in [3.63, 3.8) is 0 Å². The van der Waals surface area contributed by atoms with Crippen LogP contribution in [0.1, 0.15) is 23.1 Å². The molecule has 0 fully saturated rings. The molecule has 106 valence electrons. The first kappa shape index (κ1) is 13.9. The van der Waals surface area contributed by atoms with E-state index in [1.54, 1.807) is 18.3 Å². The fraction of sp³-hybridized carbons (Fsp3) is 0.286. The molecule has 2 aromatic heterocycles. The zero-order chi connectivity index (χ0) is 14.4. The highest BCUT2D eigenvalue weighted by molar-refractivity contribution is 5.87. The molecule has 2 heterocycles. The van der Waals surface area contributed by atoms with Crippen LogP contribution < -0.4 is 10.1 Å². The highest BCUT2D eigenvalue weighted by Crippen LogP contribution is 2.13. The van der Waals surface area contributed by atoms with Crippen molar-refractivity contribution in [1.29, 1.82) is 0 Å². The van der Waals surface area contributed by atoms with Crippen molar-refractivity contribution < 1.29 is 14.3 Å². The van der Waals surface area contributed by atoms with Gasteiger partial charge in [0.05, 0.1) is 32.1 Å². The minimum atomic E-state index is -0.376. The lowest BCUT2D eigenvalue weighted by molar-refractivity contribution is 0.0594. The van der Waals surface area contributed by atoms with Gasteiger partial charge in [0.2, 0.25) is 5.88 Å². The van der Waals surface area contributed by atoms with Crippen molar-refractivity contribution in [1.82, 2.24) is 9.97 Å². The molecule has 0 atom stereocenters. The number of carbonyl (C=O) groups is 1. The maximum atomic E-state index is 11.3. The van der Waals surface area contributed by atoms with E-state index < -0.39 is 0 Å². The van der Waals surface area contributed by atoms with E-state index in [-0.39, 0.29) is 5.97 Å². The second-order valence-corrected chi connectivity index (χ2v) is 4.06. The third kappa shape index (κ3) is 3.50. The first-order valence-corrected chi connectivity index (χ1v) is 6.32. The van der Waals surface area contributed by atoms with Crippen LogP contribution in [-0.4, -0.2) is 29.7 Å². The molecule has 0 amide bonds. The zero-order valence-electron chi connectivity index (χ0n) is 11.5. The number of aromatic amines is 1. The van der Waals surface area contributed by atoms with E-state index in [9.17, 15) is 4.79 Å². The number of pyridine rings is 1. The summed E-state index contributed by atoms with van der Waals surface area (Å²) >= 11 is 0. The average molecular weight is 275 g/mol. The number of hydrogen-bond donors (Lipinski definition) is 2. The number of nitrogens with zero attached hydrogens (tertiary/aromatic N) is 1. The summed E-state index contributed by atoms with van der Waals surface area (Å²) in [4.78, 5) is 18.4. The minimum Gasteiger partial charge on any atom is -0.478 e. The first-order chi connectivity index (χ1) is 9.72. The maximum absolute atomic E-state index is 11.3. The molecule has 0 spiro atoms. The molecule has 0 aromatic carbocycles. The van der Waals surface area contributed by atoms with Crippen molar-refractivity contribution in [3.8, 4) is 5.88 Å². The van der Waals surface area contributed by atoms with Crippen LogP contribution in [0, 0.1) is 0 Å². The molecule has 0 bridgehead atoms. The van der Waals surface area contributed by atoms with Crippen molar-refractivity contribution in [2.24, 2.45) is 0 Å². The molecular formula is C14H17N3O3. The summed E-state index contributed by atoms with van der Waals surface area (Å²) in [5, 5.41) is 3.20. The van der Waals surface area contributed by atoms with Crippen LogP contribution in [0.15, 0.2) is 30.5 Å². The van der Waals surface area contributed by atoms with E-state index in [0.717, 1.165) is 11.4 Å². The van der Waals surface area contributed by atoms with Gasteiger partial charge in [-0.05, 0) is 25.1 Å². The van der Waals surface area contributed by atoms with Crippen molar-refractivity contribution in [2.75, 3.05) is 19.0 Å². The molecule has 0 radical (unpaired) electrons. The molecule has 2 N–H and O–H groups in total. The molecular weight excluding hydrogens is 258 g/mol. The van der Waals surface area contributed by atoms with E-state index in [4.69, 9.17) is 4.74 Å². The van der Waals surface area contributed by atoms with Gasteiger partial charge in [-0.25, -0.2) is 9.78 Å². The van der Waals surface area contributed by atoms with Crippen molar-refractivity contribution in [2.45, 2.75) is 13.5 Å². The largest absolute Gasteiger partial charge is 0.478 e. The van der Waals surface area contributed by atoms with Crippen LogP contribution >= 0.6 is 0 Å². The van der Waals surface area contributed by atoms with Crippen LogP contribution in [0.2, 0.25) is 0 Å². The highest BCUT2D eigenvalue weighted by atomic mass is 16.5. The molecule has 0 aliphatic heterocycles. The maximum Gasteiger partial charge on any atom is 0.354 e. The van der Waals surface area contributed by atoms with Gasteiger partial charge in [0.1, 0.15) is 5.69 Å². The third-order valence-corrected chi connectivity index (χ3v) is 2.66. The van der Waals surface area contributed by atoms with Gasteiger partial charge in [-0.1, -0.05) is 0 Å². The van der Waals surface area contributed by atoms with Crippen LogP contribution in [0.25, 0.3) is 0 Å². The lowest BCUT2D eigenvalue weighted by atomic mass is 10.3. The van der Waals surface area contributed by atoms with Gasteiger partial charge in [-0.15, -0.1) is 0 Å². The topological polar surface area (TPSA) is 76.2 Å². The Balaban J connectivity index is 1.91. The van der Waals surface area contributed by atoms with Gasteiger partial charge in [0.25, 0.3) is 0 Å². The van der Waals surface area contributed by atoms with Gasteiger partial charge in [0, 0.05) is 11.8 Å². The van der Waals surface area contributed by atoms with Gasteiger partial charge >= 0.3 is 5.97 Å². The fourth-order valence-corrected chi connectivity index (χ4v) is 1.69. The van der Waals surface area contributed by atoms with E-state index in [0.29, 0.717) is 24.7 Å². The van der Waals surface area contributed by atoms with Gasteiger partial charge in [0.15, 0.2) is 0 Å². The summed E-state index contributed by atoms with van der Waals surface area (Å²) in [6.45, 7) is 3.07. The molecule has 6 heteroatoms. The smallest absolute Gasteiger partial charge is 0.354 e. The highest BCUT2D eigenvalue weighted by Gasteiger charge is 2.07. The number of rotatable bonds is 6. The summed E-state index contributed by atoms with van der Waals surface area (Å²) < 4.78 is 9.90. The summed E-state index contributed by atoms with van der Waals surface area (Å²) in [5.74, 6) is 0.227. The predicted molar refractivity (Wildman–Crippen MR) is 74.9 cm³/mol. The molecule has 2 aromatic rings. The number of carbonyl (C=O) groups excluding carboxylic acids is 1. The number of methoxy groups -OCH3 is 1. The Morgan fingerprint density at radius 1 is 1.35 bits per heavy atom. The molecule has 2 rings (SSSR count). The van der Waals surface area contributed by atoms with E-state index >= 15 is 0 Å². The molecule has 6 nitrogen and oxygen atoms in total. The molecule has 0 unspecified atom stereocenters. The van der Waals surface area contributed by atoms with Gasteiger partial charge in [-0.2, -0.15) is 0 Å². The Morgan fingerprint density at radius 3 is 2.85 bits per heavy atom. The third-order valence-electron chi connectivity index (χ3n) is 2.66. The standard InChI is InChI=1S/C14H17N3O3/c1-3-20-13-7-5-10(8-16-13)15-9-11-4-6-12(17-11)14(18)19-2/h4-8,15,17H,3,9H2,1-2H3. The summed E-state index contributed by atoms with van der Waals surface area (Å²) in [6.07, 6.45) is 1.70. The summed E-state index contributed by atoms with van der Waals surface area (Å²) in [7, 11) is 1.35. The number of anilines is 1. The quantitative estimate of drug-likeness (QED) is 0.790. The Morgan fingerprint density at radius 2 is 2.20 bits per heavy atom. The Bertz CT molecular complexity index is 563. The van der Waals surface area contributed by atoms with E-state index in [2.05, 4.69) is 20.0 Å². The van der Waals surface area contributed by atoms with Crippen LogP contribution in [0.5, 0.6) is 5.88 Å². The number of nitrogens with one attached hydrogen (secondary N) is 2. The van der Waals surface area contributed by atoms with E-state index in [1.165, 1.54) is 7.11 Å². The second-order valence-electron chi connectivity index (χ2n) is 4.06. The van der Waals surface area contributed by atoms with Gasteiger partial charge in [-0.3, -0.25) is 0 Å². The normalized spacial score (nSPS) is 10.1. The van der Waals surface area contributed by atoms with Crippen molar-refractivity contribution in [3.05, 3.63) is 41.9 Å². The zero-order valence-corrected chi connectivity index (χ0v) is 11.5. The number of esters is 1. The predicted octanol–water partition coefficient (Wildman–Crippen LogP) is 2.21. The molecule has 20 heavy (non-hydrogen) atoms. The molecule has 0 aliphatic carbocycles. The van der Waals surface area contributed by atoms with Crippen molar-refractivity contribution >= 4 is 11.7 Å². The SMILES string of the molecule is CCOc1ccc(NCc2ccc(C(=O)OC)[nH]2)cn1. The van der Waals surface area contributed by atoms with Gasteiger partial charge < -0.3 is 19.8 Å². The Kier molecular flexibility index (Phi) is 4.60. The number of H-pyrrole nitrogens is 1. The number of hydrogen-bond acceptors (Lipinski definition) is 5. The average Bonchev–Trinajstić information content (AvgIpc) is 2.95. The molecule has 0 aliphatic rings. The fourth-order valence-electron chi connectivity index (χ4n) is 1.69. The van der Waals surface area contributed by atoms with Crippen LogP contribution in [0.4, 0.5) is 5.69 Å². The Labute approximate surface area is 117 Å². The lowest BCUT2D eigenvalue weighted by Crippen LogP contribution is -2.04. The van der Waals surface area contributed by atoms with Crippen LogP contribution in [-0.2, 0) is 11.3 Å². The number of ether oxygens (including phenoxy) is 2. The minimum absolute atomic E-state index is 0.376. The molecule has 0 saturated carbocycles. The van der Waals surface area contributed by atoms with Crippen LogP contribution in [0.3, 0.4) is 0 Å². The Hall–Kier alpha value is -2.50. The monoisotopic (exact) mass is 275 g/mol. The second kappa shape index (κ2) is 6.60. The lowest BCUT2D eigenvalue weighted by Gasteiger charge is -2.06. The summed E-state index contributed by atoms with van der Waals surface area (Å²) in [6, 6.07) is 7.23. The van der Waals surface area contributed by atoms with E-state index in [1.807, 2.05) is 19.1 Å². The number of aromatic nitrogens is 2.